The molecule has 0 unspecified atom stereocenters. The van der Waals surface area contributed by atoms with Gasteiger partial charge in [-0.25, -0.2) is 0 Å². The predicted octanol–water partition coefficient (Wildman–Crippen LogP) is 1.66. The Morgan fingerprint density at radius 3 is 2.58 bits per heavy atom. The molecule has 1 atom stereocenters. The van der Waals surface area contributed by atoms with Crippen LogP contribution in [0.3, 0.4) is 0 Å². The van der Waals surface area contributed by atoms with Gasteiger partial charge in [-0.05, 0) is 12.8 Å². The highest BCUT2D eigenvalue weighted by molar-refractivity contribution is 6.01. The molecular weight excluding hydrogens is 244 g/mol. The number of piperidine rings is 1. The normalized spacial score (nSPS) is 19.1. The Bertz CT molecular complexity index is 329. The SMILES string of the molecule is CCCCCCCCC(=O)N[C@H]1CCC(=O)NC1=O. The van der Waals surface area contributed by atoms with E-state index in [2.05, 4.69) is 17.6 Å². The molecule has 1 aliphatic heterocycles. The Morgan fingerprint density at radius 2 is 1.89 bits per heavy atom. The average molecular weight is 268 g/mol. The first-order valence-corrected chi connectivity index (χ1v) is 7.26. The summed E-state index contributed by atoms with van der Waals surface area (Å²) >= 11 is 0. The van der Waals surface area contributed by atoms with Crippen molar-refractivity contribution < 1.29 is 14.4 Å². The van der Waals surface area contributed by atoms with E-state index in [1.165, 1.54) is 25.7 Å². The lowest BCUT2D eigenvalue weighted by atomic mass is 10.1. The predicted molar refractivity (Wildman–Crippen MR) is 72.3 cm³/mol. The van der Waals surface area contributed by atoms with Gasteiger partial charge in [0.05, 0.1) is 0 Å². The Labute approximate surface area is 114 Å². The van der Waals surface area contributed by atoms with Crippen molar-refractivity contribution in [2.45, 2.75) is 70.8 Å². The molecule has 108 valence electrons. The quantitative estimate of drug-likeness (QED) is 0.519. The molecule has 5 heteroatoms. The van der Waals surface area contributed by atoms with Crippen LogP contribution in [0.1, 0.15) is 64.7 Å². The van der Waals surface area contributed by atoms with Crippen LogP contribution in [0.2, 0.25) is 0 Å². The van der Waals surface area contributed by atoms with E-state index < -0.39 is 6.04 Å². The maximum absolute atomic E-state index is 11.7. The van der Waals surface area contributed by atoms with E-state index in [4.69, 9.17) is 0 Å². The first-order valence-electron chi connectivity index (χ1n) is 7.26. The van der Waals surface area contributed by atoms with Gasteiger partial charge in [0.15, 0.2) is 0 Å². The zero-order valence-electron chi connectivity index (χ0n) is 11.7. The summed E-state index contributed by atoms with van der Waals surface area (Å²) in [6.07, 6.45) is 7.96. The van der Waals surface area contributed by atoms with Gasteiger partial charge in [0.25, 0.3) is 0 Å². The maximum atomic E-state index is 11.7. The van der Waals surface area contributed by atoms with Crippen LogP contribution >= 0.6 is 0 Å². The van der Waals surface area contributed by atoms with Crippen LogP contribution in [-0.4, -0.2) is 23.8 Å². The van der Waals surface area contributed by atoms with Crippen molar-refractivity contribution in [1.82, 2.24) is 10.6 Å². The third kappa shape index (κ3) is 6.36. The van der Waals surface area contributed by atoms with E-state index in [1.54, 1.807) is 0 Å². The Morgan fingerprint density at radius 1 is 1.21 bits per heavy atom. The molecule has 1 rings (SSSR count). The van der Waals surface area contributed by atoms with Crippen LogP contribution in [0.4, 0.5) is 0 Å². The molecule has 0 aromatic rings. The fraction of sp³-hybridized carbons (Fsp3) is 0.786. The minimum atomic E-state index is -0.537. The zero-order chi connectivity index (χ0) is 14.1. The lowest BCUT2D eigenvalue weighted by Gasteiger charge is -2.21. The second-order valence-electron chi connectivity index (χ2n) is 5.09. The summed E-state index contributed by atoms with van der Waals surface area (Å²) in [4.78, 5) is 34.1. The van der Waals surface area contributed by atoms with E-state index in [-0.39, 0.29) is 17.7 Å². The van der Waals surface area contributed by atoms with Crippen LogP contribution < -0.4 is 10.6 Å². The van der Waals surface area contributed by atoms with Gasteiger partial charge in [-0.15, -0.1) is 0 Å². The minimum absolute atomic E-state index is 0.0926. The van der Waals surface area contributed by atoms with Gasteiger partial charge in [-0.2, -0.15) is 0 Å². The molecule has 5 nitrogen and oxygen atoms in total. The summed E-state index contributed by atoms with van der Waals surface area (Å²) in [5.74, 6) is -0.732. The average Bonchev–Trinajstić information content (AvgIpc) is 2.37. The second-order valence-corrected chi connectivity index (χ2v) is 5.09. The number of unbranched alkanes of at least 4 members (excludes halogenated alkanes) is 5. The van der Waals surface area contributed by atoms with Gasteiger partial charge in [0.2, 0.25) is 17.7 Å². The molecule has 0 aromatic carbocycles. The molecule has 0 saturated carbocycles. The monoisotopic (exact) mass is 268 g/mol. The standard InChI is InChI=1S/C14H24N2O3/c1-2-3-4-5-6-7-8-12(17)15-11-9-10-13(18)16-14(11)19/h11H,2-10H2,1H3,(H,15,17)(H,16,18,19)/t11-/m0/s1. The van der Waals surface area contributed by atoms with Crippen LogP contribution in [0.15, 0.2) is 0 Å². The van der Waals surface area contributed by atoms with E-state index >= 15 is 0 Å². The Hall–Kier alpha value is -1.39. The summed E-state index contributed by atoms with van der Waals surface area (Å²) < 4.78 is 0. The highest BCUT2D eigenvalue weighted by atomic mass is 16.2. The Balaban J connectivity index is 2.10. The molecule has 0 spiro atoms. The number of rotatable bonds is 8. The number of hydrogen-bond donors (Lipinski definition) is 2. The summed E-state index contributed by atoms with van der Waals surface area (Å²) in [5.41, 5.74) is 0. The van der Waals surface area contributed by atoms with Crippen LogP contribution in [0.25, 0.3) is 0 Å². The van der Waals surface area contributed by atoms with Gasteiger partial charge in [-0.1, -0.05) is 39.0 Å². The molecule has 0 radical (unpaired) electrons. The van der Waals surface area contributed by atoms with Crippen molar-refractivity contribution in [1.29, 1.82) is 0 Å². The molecule has 0 aromatic heterocycles. The highest BCUT2D eigenvalue weighted by Gasteiger charge is 2.27. The van der Waals surface area contributed by atoms with Crippen molar-refractivity contribution in [2.75, 3.05) is 0 Å². The maximum Gasteiger partial charge on any atom is 0.249 e. The molecule has 0 aliphatic carbocycles. The van der Waals surface area contributed by atoms with Gasteiger partial charge in [-0.3, -0.25) is 19.7 Å². The van der Waals surface area contributed by atoms with E-state index in [0.29, 0.717) is 19.3 Å². The fourth-order valence-corrected chi connectivity index (χ4v) is 2.16. The van der Waals surface area contributed by atoms with Crippen molar-refractivity contribution in [3.8, 4) is 0 Å². The van der Waals surface area contributed by atoms with E-state index in [0.717, 1.165) is 12.8 Å². The topological polar surface area (TPSA) is 75.3 Å². The summed E-state index contributed by atoms with van der Waals surface area (Å²) in [6, 6.07) is -0.537. The first kappa shape index (κ1) is 15.7. The summed E-state index contributed by atoms with van der Waals surface area (Å²) in [5, 5.41) is 4.92. The molecule has 2 N–H and O–H groups in total. The first-order chi connectivity index (χ1) is 9.13. The van der Waals surface area contributed by atoms with Crippen molar-refractivity contribution in [3.63, 3.8) is 0 Å². The zero-order valence-corrected chi connectivity index (χ0v) is 11.7. The molecule has 3 amide bonds. The molecule has 1 aliphatic rings. The third-order valence-electron chi connectivity index (χ3n) is 3.33. The van der Waals surface area contributed by atoms with Gasteiger partial charge in [0, 0.05) is 12.8 Å². The van der Waals surface area contributed by atoms with Crippen LogP contribution in [-0.2, 0) is 14.4 Å². The lowest BCUT2D eigenvalue weighted by Crippen LogP contribution is -2.52. The van der Waals surface area contributed by atoms with Crippen molar-refractivity contribution >= 4 is 17.7 Å². The highest BCUT2D eigenvalue weighted by Crippen LogP contribution is 2.08. The molecule has 19 heavy (non-hydrogen) atoms. The number of carbonyl (C=O) groups is 3. The number of nitrogens with one attached hydrogen (secondary N) is 2. The molecule has 0 bridgehead atoms. The van der Waals surface area contributed by atoms with E-state index in [9.17, 15) is 14.4 Å². The van der Waals surface area contributed by atoms with Crippen molar-refractivity contribution in [2.24, 2.45) is 0 Å². The molecular formula is C14H24N2O3. The van der Waals surface area contributed by atoms with Gasteiger partial charge in [0.1, 0.15) is 6.04 Å². The van der Waals surface area contributed by atoms with Crippen molar-refractivity contribution in [3.05, 3.63) is 0 Å². The smallest absolute Gasteiger partial charge is 0.249 e. The molecule has 1 heterocycles. The number of imide groups is 1. The fourth-order valence-electron chi connectivity index (χ4n) is 2.16. The van der Waals surface area contributed by atoms with Gasteiger partial charge < -0.3 is 5.32 Å². The number of carbonyl (C=O) groups excluding carboxylic acids is 3. The van der Waals surface area contributed by atoms with E-state index in [1.807, 2.05) is 0 Å². The van der Waals surface area contributed by atoms with Gasteiger partial charge >= 0.3 is 0 Å². The van der Waals surface area contributed by atoms with Crippen LogP contribution in [0.5, 0.6) is 0 Å². The lowest BCUT2D eigenvalue weighted by molar-refractivity contribution is -0.137. The summed E-state index contributed by atoms with van der Waals surface area (Å²) in [7, 11) is 0. The second kappa shape index (κ2) is 8.67. The third-order valence-corrected chi connectivity index (χ3v) is 3.33. The number of hydrogen-bond acceptors (Lipinski definition) is 3. The summed E-state index contributed by atoms with van der Waals surface area (Å²) in [6.45, 7) is 2.17. The molecule has 1 saturated heterocycles. The molecule has 1 fully saturated rings. The largest absolute Gasteiger partial charge is 0.344 e. The Kier molecular flexibility index (Phi) is 7.15. The van der Waals surface area contributed by atoms with Crippen LogP contribution in [0, 0.1) is 0 Å². The minimum Gasteiger partial charge on any atom is -0.344 e. The number of amides is 3.